The molecule has 0 amide bonds. The summed E-state index contributed by atoms with van der Waals surface area (Å²) in [6.45, 7) is 8.64. The molecule has 20 heavy (non-hydrogen) atoms. The van der Waals surface area contributed by atoms with Crippen molar-refractivity contribution in [3.05, 3.63) is 35.4 Å². The molecule has 0 unspecified atom stereocenters. The molecule has 112 valence electrons. The van der Waals surface area contributed by atoms with Gasteiger partial charge in [-0.1, -0.05) is 24.3 Å². The van der Waals surface area contributed by atoms with Gasteiger partial charge in [0.25, 0.3) is 0 Å². The fourth-order valence-corrected chi connectivity index (χ4v) is 2.48. The van der Waals surface area contributed by atoms with Crippen LogP contribution in [0.1, 0.15) is 37.8 Å². The van der Waals surface area contributed by atoms with Gasteiger partial charge in [-0.3, -0.25) is 4.90 Å². The summed E-state index contributed by atoms with van der Waals surface area (Å²) >= 11 is 0. The maximum absolute atomic E-state index is 9.76. The van der Waals surface area contributed by atoms with E-state index in [0.717, 1.165) is 52.1 Å². The Morgan fingerprint density at radius 1 is 1.10 bits per heavy atom. The lowest BCUT2D eigenvalue weighted by molar-refractivity contribution is 0.0714. The lowest BCUT2D eigenvalue weighted by atomic mass is 9.98. The summed E-state index contributed by atoms with van der Waals surface area (Å²) in [6.07, 6.45) is 2.86. The highest BCUT2D eigenvalue weighted by Gasteiger charge is 2.12. The molecule has 1 N–H and O–H groups in total. The summed E-state index contributed by atoms with van der Waals surface area (Å²) in [7, 11) is 0. The van der Waals surface area contributed by atoms with Gasteiger partial charge in [-0.2, -0.15) is 0 Å². The van der Waals surface area contributed by atoms with Crippen LogP contribution in [-0.2, 0) is 17.7 Å². The number of ether oxygens (including phenoxy) is 1. The third-order valence-corrected chi connectivity index (χ3v) is 3.77. The molecular weight excluding hydrogens is 250 g/mol. The summed E-state index contributed by atoms with van der Waals surface area (Å²) in [5, 5.41) is 9.76. The molecule has 1 aromatic rings. The van der Waals surface area contributed by atoms with Crippen LogP contribution in [0.4, 0.5) is 0 Å². The average molecular weight is 277 g/mol. The summed E-state index contributed by atoms with van der Waals surface area (Å²) in [4.78, 5) is 2.46. The first-order chi connectivity index (χ1) is 9.53. The molecule has 1 fully saturated rings. The van der Waals surface area contributed by atoms with E-state index in [1.165, 1.54) is 11.1 Å². The number of nitrogens with zero attached hydrogens (tertiary/aromatic N) is 1. The molecule has 1 heterocycles. The fraction of sp³-hybridized carbons (Fsp3) is 0.647. The molecule has 0 aliphatic carbocycles. The molecule has 1 aliphatic heterocycles. The molecule has 0 atom stereocenters. The van der Waals surface area contributed by atoms with Crippen molar-refractivity contribution in [2.45, 2.75) is 45.3 Å². The van der Waals surface area contributed by atoms with Crippen molar-refractivity contribution in [3.8, 4) is 0 Å². The Morgan fingerprint density at radius 3 is 2.50 bits per heavy atom. The maximum Gasteiger partial charge on any atom is 0.0594 e. The topological polar surface area (TPSA) is 32.7 Å². The third kappa shape index (κ3) is 5.61. The van der Waals surface area contributed by atoms with Crippen LogP contribution >= 0.6 is 0 Å². The summed E-state index contributed by atoms with van der Waals surface area (Å²) in [5.41, 5.74) is 2.08. The summed E-state index contributed by atoms with van der Waals surface area (Å²) < 4.78 is 5.48. The first kappa shape index (κ1) is 15.5. The largest absolute Gasteiger partial charge is 0.390 e. The Labute approximate surface area is 122 Å². The third-order valence-electron chi connectivity index (χ3n) is 3.77. The number of hydrogen-bond acceptors (Lipinski definition) is 3. The molecular formula is C17H27NO2. The van der Waals surface area contributed by atoms with Crippen molar-refractivity contribution >= 4 is 0 Å². The molecule has 0 radical (unpaired) electrons. The lowest BCUT2D eigenvalue weighted by Crippen LogP contribution is -2.25. The van der Waals surface area contributed by atoms with Crippen LogP contribution < -0.4 is 0 Å². The highest BCUT2D eigenvalue weighted by Crippen LogP contribution is 2.15. The van der Waals surface area contributed by atoms with Gasteiger partial charge in [-0.25, -0.2) is 0 Å². The number of aryl methyl sites for hydroxylation is 1. The van der Waals surface area contributed by atoms with Crippen LogP contribution in [0.2, 0.25) is 0 Å². The zero-order chi connectivity index (χ0) is 14.4. The van der Waals surface area contributed by atoms with Crippen molar-refractivity contribution in [3.63, 3.8) is 0 Å². The van der Waals surface area contributed by atoms with E-state index >= 15 is 0 Å². The monoisotopic (exact) mass is 277 g/mol. The summed E-state index contributed by atoms with van der Waals surface area (Å²) in [5.74, 6) is 0. The van der Waals surface area contributed by atoms with E-state index < -0.39 is 5.60 Å². The first-order valence-corrected chi connectivity index (χ1v) is 7.63. The maximum atomic E-state index is 9.76. The van der Waals surface area contributed by atoms with Crippen molar-refractivity contribution in [2.24, 2.45) is 0 Å². The van der Waals surface area contributed by atoms with Gasteiger partial charge in [-0.15, -0.1) is 0 Å². The number of rotatable bonds is 5. The molecule has 0 bridgehead atoms. The lowest BCUT2D eigenvalue weighted by Gasteiger charge is -2.19. The van der Waals surface area contributed by atoms with Crippen LogP contribution in [-0.4, -0.2) is 41.9 Å². The minimum absolute atomic E-state index is 0.579. The Bertz CT molecular complexity index is 386. The SMILES string of the molecule is CC(C)(O)CCc1ccc(CN2CCCOCC2)cc1. The zero-order valence-corrected chi connectivity index (χ0v) is 12.8. The van der Waals surface area contributed by atoms with Gasteiger partial charge < -0.3 is 9.84 Å². The second kappa shape index (κ2) is 7.21. The van der Waals surface area contributed by atoms with Gasteiger partial charge in [0, 0.05) is 26.2 Å². The van der Waals surface area contributed by atoms with E-state index in [4.69, 9.17) is 4.74 Å². The minimum Gasteiger partial charge on any atom is -0.390 e. The molecule has 0 aromatic heterocycles. The van der Waals surface area contributed by atoms with Crippen molar-refractivity contribution in [1.29, 1.82) is 0 Å². The van der Waals surface area contributed by atoms with Gasteiger partial charge in [0.2, 0.25) is 0 Å². The molecule has 1 aliphatic rings. The average Bonchev–Trinajstić information content (AvgIpc) is 2.66. The van der Waals surface area contributed by atoms with Crippen molar-refractivity contribution < 1.29 is 9.84 Å². The number of hydrogen-bond donors (Lipinski definition) is 1. The van der Waals surface area contributed by atoms with Crippen molar-refractivity contribution in [1.82, 2.24) is 4.90 Å². The standard InChI is InChI=1S/C17H27NO2/c1-17(2,19)9-8-15-4-6-16(7-5-15)14-18-10-3-12-20-13-11-18/h4-7,19H,3,8-14H2,1-2H3. The van der Waals surface area contributed by atoms with Gasteiger partial charge >= 0.3 is 0 Å². The molecule has 1 saturated heterocycles. The Hall–Kier alpha value is -0.900. The van der Waals surface area contributed by atoms with Gasteiger partial charge in [-0.05, 0) is 44.2 Å². The Kier molecular flexibility index (Phi) is 5.58. The number of aliphatic hydroxyl groups is 1. The summed E-state index contributed by atoms with van der Waals surface area (Å²) in [6, 6.07) is 8.81. The van der Waals surface area contributed by atoms with E-state index in [-0.39, 0.29) is 0 Å². The molecule has 3 nitrogen and oxygen atoms in total. The van der Waals surface area contributed by atoms with Gasteiger partial charge in [0.1, 0.15) is 0 Å². The van der Waals surface area contributed by atoms with E-state index in [0.29, 0.717) is 0 Å². The fourth-order valence-electron chi connectivity index (χ4n) is 2.48. The second-order valence-corrected chi connectivity index (χ2v) is 6.37. The zero-order valence-electron chi connectivity index (χ0n) is 12.8. The van der Waals surface area contributed by atoms with Crippen molar-refractivity contribution in [2.75, 3.05) is 26.3 Å². The van der Waals surface area contributed by atoms with E-state index in [1.807, 2.05) is 13.8 Å². The molecule has 2 rings (SSSR count). The molecule has 3 heteroatoms. The van der Waals surface area contributed by atoms with Crippen LogP contribution in [0.25, 0.3) is 0 Å². The van der Waals surface area contributed by atoms with Crippen LogP contribution in [0, 0.1) is 0 Å². The van der Waals surface area contributed by atoms with Crippen LogP contribution in [0.3, 0.4) is 0 Å². The Balaban J connectivity index is 1.84. The molecule has 0 saturated carbocycles. The predicted octanol–water partition coefficient (Wildman–Crippen LogP) is 2.61. The minimum atomic E-state index is -0.579. The highest BCUT2D eigenvalue weighted by atomic mass is 16.5. The first-order valence-electron chi connectivity index (χ1n) is 7.63. The van der Waals surface area contributed by atoms with E-state index in [2.05, 4.69) is 29.2 Å². The Morgan fingerprint density at radius 2 is 1.80 bits per heavy atom. The van der Waals surface area contributed by atoms with Crippen LogP contribution in [0.5, 0.6) is 0 Å². The second-order valence-electron chi connectivity index (χ2n) is 6.37. The van der Waals surface area contributed by atoms with E-state index in [1.54, 1.807) is 0 Å². The molecule has 1 aromatic carbocycles. The highest BCUT2D eigenvalue weighted by molar-refractivity contribution is 5.22. The van der Waals surface area contributed by atoms with Gasteiger partial charge in [0.05, 0.1) is 12.2 Å². The molecule has 0 spiro atoms. The quantitative estimate of drug-likeness (QED) is 0.898. The normalized spacial score (nSPS) is 17.9. The number of benzene rings is 1. The van der Waals surface area contributed by atoms with Gasteiger partial charge in [0.15, 0.2) is 0 Å². The van der Waals surface area contributed by atoms with Crippen LogP contribution in [0.15, 0.2) is 24.3 Å². The smallest absolute Gasteiger partial charge is 0.0594 e. The predicted molar refractivity (Wildman–Crippen MR) is 81.8 cm³/mol. The van der Waals surface area contributed by atoms with E-state index in [9.17, 15) is 5.11 Å².